The van der Waals surface area contributed by atoms with E-state index in [1.165, 1.54) is 12.1 Å². The van der Waals surface area contributed by atoms with Crippen LogP contribution in [0.25, 0.3) is 6.08 Å². The Bertz CT molecular complexity index is 842. The van der Waals surface area contributed by atoms with Crippen LogP contribution in [0.2, 0.25) is 0 Å². The van der Waals surface area contributed by atoms with Gasteiger partial charge in [-0.1, -0.05) is 43.7 Å². The molecule has 4 nitrogen and oxygen atoms in total. The second kappa shape index (κ2) is 7.75. The fourth-order valence-corrected chi connectivity index (χ4v) is 2.36. The predicted octanol–water partition coefficient (Wildman–Crippen LogP) is 4.35. The summed E-state index contributed by atoms with van der Waals surface area (Å²) in [5.41, 5.74) is 1.00. The molecule has 0 saturated heterocycles. The Morgan fingerprint density at radius 3 is 2.72 bits per heavy atom. The number of benzene rings is 2. The van der Waals surface area contributed by atoms with E-state index in [9.17, 15) is 9.18 Å². The molecule has 1 aliphatic rings. The maximum Gasteiger partial charge on any atom is 0.363 e. The number of hydrogen-bond donors (Lipinski definition) is 0. The number of halogens is 1. The van der Waals surface area contributed by atoms with Crippen molar-refractivity contribution >= 4 is 17.9 Å². The maximum atomic E-state index is 13.8. The molecular formula is C20H18FNO3. The van der Waals surface area contributed by atoms with Crippen LogP contribution in [-0.4, -0.2) is 18.5 Å². The molecule has 0 spiro atoms. The zero-order valence-corrected chi connectivity index (χ0v) is 13.9. The summed E-state index contributed by atoms with van der Waals surface area (Å²) in [6, 6.07) is 13.4. The number of rotatable bonds is 6. The zero-order chi connectivity index (χ0) is 17.6. The number of para-hydroxylation sites is 1. The Morgan fingerprint density at radius 2 is 1.92 bits per heavy atom. The molecule has 5 heteroatoms. The first-order valence-corrected chi connectivity index (χ1v) is 8.18. The van der Waals surface area contributed by atoms with Gasteiger partial charge in [-0.3, -0.25) is 0 Å². The van der Waals surface area contributed by atoms with E-state index in [4.69, 9.17) is 9.47 Å². The lowest BCUT2D eigenvalue weighted by Crippen LogP contribution is -2.07. The molecule has 0 bridgehead atoms. The van der Waals surface area contributed by atoms with Crippen LogP contribution >= 0.6 is 0 Å². The van der Waals surface area contributed by atoms with Crippen LogP contribution in [0.1, 0.15) is 30.9 Å². The fraction of sp³-hybridized carbons (Fsp3) is 0.200. The third-order valence-electron chi connectivity index (χ3n) is 3.69. The molecule has 3 rings (SSSR count). The molecule has 0 radical (unpaired) electrons. The van der Waals surface area contributed by atoms with Crippen molar-refractivity contribution in [1.29, 1.82) is 0 Å². The molecule has 0 unspecified atom stereocenters. The molecule has 0 aromatic heterocycles. The molecular weight excluding hydrogens is 321 g/mol. The van der Waals surface area contributed by atoms with Gasteiger partial charge in [-0.25, -0.2) is 14.2 Å². The number of esters is 1. The molecule has 0 atom stereocenters. The van der Waals surface area contributed by atoms with Crippen LogP contribution in [0.4, 0.5) is 4.39 Å². The zero-order valence-electron chi connectivity index (χ0n) is 13.9. The lowest BCUT2D eigenvalue weighted by molar-refractivity contribution is -0.129. The Hall–Kier alpha value is -2.95. The summed E-state index contributed by atoms with van der Waals surface area (Å²) in [6.45, 7) is 2.69. The molecule has 0 fully saturated rings. The summed E-state index contributed by atoms with van der Waals surface area (Å²) in [7, 11) is 0. The lowest BCUT2D eigenvalue weighted by atomic mass is 10.1. The van der Waals surface area contributed by atoms with Crippen molar-refractivity contribution in [1.82, 2.24) is 0 Å². The molecule has 2 aromatic carbocycles. The van der Waals surface area contributed by atoms with Crippen molar-refractivity contribution < 1.29 is 18.7 Å². The van der Waals surface area contributed by atoms with Crippen LogP contribution in [0.3, 0.4) is 0 Å². The van der Waals surface area contributed by atoms with E-state index in [0.717, 1.165) is 18.4 Å². The minimum atomic E-state index is -0.610. The highest BCUT2D eigenvalue weighted by Gasteiger charge is 2.26. The number of nitrogens with zero attached hydrogens (tertiary/aromatic N) is 1. The Balaban J connectivity index is 1.89. The lowest BCUT2D eigenvalue weighted by Gasteiger charge is -2.08. The summed E-state index contributed by atoms with van der Waals surface area (Å²) in [5, 5.41) is 0. The number of unbranched alkanes of at least 4 members (excludes halogenated alkanes) is 1. The van der Waals surface area contributed by atoms with E-state index in [-0.39, 0.29) is 17.2 Å². The molecule has 1 heterocycles. The van der Waals surface area contributed by atoms with Crippen LogP contribution in [-0.2, 0) is 9.53 Å². The molecule has 0 N–H and O–H groups in total. The van der Waals surface area contributed by atoms with Gasteiger partial charge in [0, 0.05) is 5.56 Å². The predicted molar refractivity (Wildman–Crippen MR) is 93.9 cm³/mol. The van der Waals surface area contributed by atoms with Crippen LogP contribution in [0.15, 0.2) is 59.2 Å². The third-order valence-corrected chi connectivity index (χ3v) is 3.69. The first kappa shape index (κ1) is 16.9. The van der Waals surface area contributed by atoms with E-state index in [2.05, 4.69) is 11.9 Å². The highest BCUT2D eigenvalue weighted by molar-refractivity contribution is 6.13. The van der Waals surface area contributed by atoms with Crippen molar-refractivity contribution in [3.05, 3.63) is 71.2 Å². The van der Waals surface area contributed by atoms with Crippen LogP contribution in [0.5, 0.6) is 5.75 Å². The van der Waals surface area contributed by atoms with E-state index in [1.807, 2.05) is 24.3 Å². The van der Waals surface area contributed by atoms with Gasteiger partial charge in [0.25, 0.3) is 0 Å². The normalized spacial score (nSPS) is 15.2. The van der Waals surface area contributed by atoms with Gasteiger partial charge in [0.05, 0.1) is 12.2 Å². The summed E-state index contributed by atoms with van der Waals surface area (Å²) < 4.78 is 24.7. The van der Waals surface area contributed by atoms with Crippen molar-refractivity contribution in [2.75, 3.05) is 6.61 Å². The van der Waals surface area contributed by atoms with Crippen molar-refractivity contribution in [3.8, 4) is 5.75 Å². The average Bonchev–Trinajstić information content (AvgIpc) is 2.97. The van der Waals surface area contributed by atoms with Gasteiger partial charge in [-0.05, 0) is 30.7 Å². The van der Waals surface area contributed by atoms with Gasteiger partial charge in [-0.15, -0.1) is 0 Å². The first-order valence-electron chi connectivity index (χ1n) is 8.18. The van der Waals surface area contributed by atoms with E-state index in [1.54, 1.807) is 18.2 Å². The van der Waals surface area contributed by atoms with E-state index in [0.29, 0.717) is 12.4 Å². The minimum Gasteiger partial charge on any atom is -0.493 e. The first-order chi connectivity index (χ1) is 12.2. The minimum absolute atomic E-state index is 0.0290. The summed E-state index contributed by atoms with van der Waals surface area (Å²) in [4.78, 5) is 16.2. The number of carbonyl (C=O) groups is 1. The Labute approximate surface area is 145 Å². The number of cyclic esters (lactones) is 1. The topological polar surface area (TPSA) is 47.9 Å². The van der Waals surface area contributed by atoms with Gasteiger partial charge in [-0.2, -0.15) is 0 Å². The van der Waals surface area contributed by atoms with Crippen LogP contribution in [0, 0.1) is 5.82 Å². The summed E-state index contributed by atoms with van der Waals surface area (Å²) in [5.74, 6) is -0.454. The smallest absolute Gasteiger partial charge is 0.363 e. The second-order valence-corrected chi connectivity index (χ2v) is 5.56. The average molecular weight is 339 g/mol. The van der Waals surface area contributed by atoms with Gasteiger partial charge < -0.3 is 9.47 Å². The third kappa shape index (κ3) is 3.94. The number of ether oxygens (including phenoxy) is 2. The molecule has 25 heavy (non-hydrogen) atoms. The molecule has 2 aromatic rings. The standard InChI is InChI=1S/C20H18FNO3/c1-2-3-12-24-18-11-7-4-8-14(18)13-17-20(23)25-19(22-17)15-9-5-6-10-16(15)21/h4-11,13H,2-3,12H2,1H3/b17-13-. The largest absolute Gasteiger partial charge is 0.493 e. The monoisotopic (exact) mass is 339 g/mol. The van der Waals surface area contributed by atoms with Crippen LogP contribution < -0.4 is 4.74 Å². The van der Waals surface area contributed by atoms with E-state index >= 15 is 0 Å². The molecule has 0 saturated carbocycles. The highest BCUT2D eigenvalue weighted by atomic mass is 19.1. The second-order valence-electron chi connectivity index (χ2n) is 5.56. The fourth-order valence-electron chi connectivity index (χ4n) is 2.36. The van der Waals surface area contributed by atoms with Crippen molar-refractivity contribution in [3.63, 3.8) is 0 Å². The number of aliphatic imine (C=N–C) groups is 1. The van der Waals surface area contributed by atoms with Crippen molar-refractivity contribution in [2.45, 2.75) is 19.8 Å². The number of carbonyl (C=O) groups excluding carboxylic acids is 1. The molecule has 128 valence electrons. The van der Waals surface area contributed by atoms with Gasteiger partial charge in [0.1, 0.15) is 11.6 Å². The quantitative estimate of drug-likeness (QED) is 0.447. The highest BCUT2D eigenvalue weighted by Crippen LogP contribution is 2.25. The molecule has 1 aliphatic heterocycles. The maximum absolute atomic E-state index is 13.8. The van der Waals surface area contributed by atoms with Crippen molar-refractivity contribution in [2.24, 2.45) is 4.99 Å². The summed E-state index contributed by atoms with van der Waals surface area (Å²) >= 11 is 0. The molecule has 0 aliphatic carbocycles. The Morgan fingerprint density at radius 1 is 1.16 bits per heavy atom. The number of hydrogen-bond acceptors (Lipinski definition) is 4. The SMILES string of the molecule is CCCCOc1ccccc1/C=C1\N=C(c2ccccc2F)OC1=O. The van der Waals surface area contributed by atoms with Gasteiger partial charge in [0.2, 0.25) is 5.90 Å². The van der Waals surface area contributed by atoms with E-state index < -0.39 is 11.8 Å². The summed E-state index contributed by atoms with van der Waals surface area (Å²) in [6.07, 6.45) is 3.58. The Kier molecular flexibility index (Phi) is 5.23. The van der Waals surface area contributed by atoms with Gasteiger partial charge >= 0.3 is 5.97 Å². The van der Waals surface area contributed by atoms with Gasteiger partial charge in [0.15, 0.2) is 5.70 Å². The molecule has 0 amide bonds.